The second-order valence-corrected chi connectivity index (χ2v) is 5.87. The van der Waals surface area contributed by atoms with Crippen molar-refractivity contribution in [2.75, 3.05) is 26.0 Å². The van der Waals surface area contributed by atoms with Crippen molar-refractivity contribution in [1.29, 1.82) is 0 Å². The summed E-state index contributed by atoms with van der Waals surface area (Å²) in [5.41, 5.74) is 4.14. The number of halogens is 1. The van der Waals surface area contributed by atoms with Gasteiger partial charge in [0.2, 0.25) is 0 Å². The van der Waals surface area contributed by atoms with Gasteiger partial charge in [0.1, 0.15) is 5.75 Å². The number of methoxy groups -OCH3 is 1. The van der Waals surface area contributed by atoms with Crippen molar-refractivity contribution in [2.45, 2.75) is 19.4 Å². The van der Waals surface area contributed by atoms with Gasteiger partial charge in [-0.25, -0.2) is 0 Å². The summed E-state index contributed by atoms with van der Waals surface area (Å²) < 4.78 is 5.17. The van der Waals surface area contributed by atoms with Gasteiger partial charge < -0.3 is 15.0 Å². The number of benzene rings is 2. The number of nitrogens with one attached hydrogen (secondary N) is 1. The maximum atomic E-state index is 12.8. The van der Waals surface area contributed by atoms with Crippen LogP contribution in [0.1, 0.15) is 27.9 Å². The Balaban J connectivity index is 0.00000208. The summed E-state index contributed by atoms with van der Waals surface area (Å²) in [4.78, 5) is 14.6. The van der Waals surface area contributed by atoms with Crippen LogP contribution >= 0.6 is 12.4 Å². The molecule has 1 aliphatic rings. The van der Waals surface area contributed by atoms with Gasteiger partial charge in [-0.15, -0.1) is 12.4 Å². The average molecular weight is 347 g/mol. The Bertz CT molecular complexity index is 701. The molecule has 0 bridgehead atoms. The minimum Gasteiger partial charge on any atom is -0.497 e. The van der Waals surface area contributed by atoms with E-state index in [-0.39, 0.29) is 18.3 Å². The number of hydrogen-bond acceptors (Lipinski definition) is 3. The van der Waals surface area contributed by atoms with E-state index < -0.39 is 0 Å². The van der Waals surface area contributed by atoms with Crippen LogP contribution < -0.4 is 10.1 Å². The summed E-state index contributed by atoms with van der Waals surface area (Å²) >= 11 is 0. The van der Waals surface area contributed by atoms with Crippen LogP contribution in [0, 0.1) is 0 Å². The molecule has 4 nitrogen and oxygen atoms in total. The molecule has 0 saturated heterocycles. The van der Waals surface area contributed by atoms with Gasteiger partial charge in [-0.2, -0.15) is 0 Å². The second-order valence-electron chi connectivity index (χ2n) is 5.87. The first kappa shape index (κ1) is 18.1. The van der Waals surface area contributed by atoms with Crippen LogP contribution in [0.15, 0.2) is 42.5 Å². The van der Waals surface area contributed by atoms with E-state index in [0.717, 1.165) is 47.5 Å². The van der Waals surface area contributed by atoms with E-state index in [1.54, 1.807) is 12.0 Å². The first-order valence-corrected chi connectivity index (χ1v) is 7.93. The number of carbonyl (C=O) groups excluding carboxylic acids is 1. The summed E-state index contributed by atoms with van der Waals surface area (Å²) in [6.07, 6.45) is 2.03. The molecule has 128 valence electrons. The molecule has 0 radical (unpaired) electrons. The molecule has 5 heteroatoms. The number of fused-ring (bicyclic) bond motifs is 1. The molecule has 0 spiro atoms. The van der Waals surface area contributed by atoms with E-state index in [1.807, 2.05) is 43.4 Å². The number of amides is 1. The molecule has 0 aliphatic carbocycles. The maximum Gasteiger partial charge on any atom is 0.254 e. The van der Waals surface area contributed by atoms with Crippen molar-refractivity contribution < 1.29 is 9.53 Å². The third-order valence-electron chi connectivity index (χ3n) is 4.25. The lowest BCUT2D eigenvalue weighted by molar-refractivity contribution is 0.0784. The Hall–Kier alpha value is -2.20. The largest absolute Gasteiger partial charge is 0.497 e. The summed E-state index contributed by atoms with van der Waals surface area (Å²) in [7, 11) is 3.50. The predicted molar refractivity (Wildman–Crippen MR) is 99.3 cm³/mol. The van der Waals surface area contributed by atoms with Crippen molar-refractivity contribution >= 4 is 24.0 Å². The lowest BCUT2D eigenvalue weighted by atomic mass is 9.97. The smallest absolute Gasteiger partial charge is 0.254 e. The van der Waals surface area contributed by atoms with Crippen LogP contribution in [0.2, 0.25) is 0 Å². The standard InChI is InChI=1S/C19H22N2O2.ClH/c1-21(13-14-8-10-15(23-2)11-9-14)19(22)17-5-3-7-18-16(17)6-4-12-20-18;/h3,5,7-11,20H,4,6,12-13H2,1-2H3;1H. The zero-order valence-electron chi connectivity index (χ0n) is 14.0. The lowest BCUT2D eigenvalue weighted by Gasteiger charge is -2.23. The predicted octanol–water partition coefficient (Wildman–Crippen LogP) is 3.75. The fourth-order valence-electron chi connectivity index (χ4n) is 2.99. The van der Waals surface area contributed by atoms with Crippen molar-refractivity contribution in [2.24, 2.45) is 0 Å². The zero-order valence-corrected chi connectivity index (χ0v) is 14.9. The number of hydrogen-bond donors (Lipinski definition) is 1. The molecular weight excluding hydrogens is 324 g/mol. The molecule has 1 aliphatic heterocycles. The molecule has 3 rings (SSSR count). The van der Waals surface area contributed by atoms with E-state index in [0.29, 0.717) is 6.54 Å². The molecule has 2 aromatic rings. The Labute approximate surface area is 149 Å². The molecular formula is C19H23ClN2O2. The molecule has 1 amide bonds. The molecule has 24 heavy (non-hydrogen) atoms. The molecule has 1 heterocycles. The van der Waals surface area contributed by atoms with Crippen LogP contribution in [-0.4, -0.2) is 31.5 Å². The van der Waals surface area contributed by atoms with Gasteiger partial charge in [0.25, 0.3) is 5.91 Å². The van der Waals surface area contributed by atoms with Crippen LogP contribution in [0.25, 0.3) is 0 Å². The van der Waals surface area contributed by atoms with Crippen molar-refractivity contribution in [3.63, 3.8) is 0 Å². The highest BCUT2D eigenvalue weighted by molar-refractivity contribution is 5.97. The fourth-order valence-corrected chi connectivity index (χ4v) is 2.99. The van der Waals surface area contributed by atoms with Gasteiger partial charge in [-0.05, 0) is 48.2 Å². The van der Waals surface area contributed by atoms with E-state index in [2.05, 4.69) is 11.4 Å². The molecule has 0 unspecified atom stereocenters. The second kappa shape index (κ2) is 8.06. The van der Waals surface area contributed by atoms with Gasteiger partial charge in [-0.1, -0.05) is 18.2 Å². The van der Waals surface area contributed by atoms with Gasteiger partial charge in [0.05, 0.1) is 7.11 Å². The van der Waals surface area contributed by atoms with Gasteiger partial charge in [0, 0.05) is 31.4 Å². The lowest BCUT2D eigenvalue weighted by Crippen LogP contribution is -2.28. The van der Waals surface area contributed by atoms with Crippen LogP contribution in [0.4, 0.5) is 5.69 Å². The Morgan fingerprint density at radius 1 is 1.21 bits per heavy atom. The Kier molecular flexibility index (Phi) is 6.10. The van der Waals surface area contributed by atoms with Crippen LogP contribution in [-0.2, 0) is 13.0 Å². The summed E-state index contributed by atoms with van der Waals surface area (Å²) in [5, 5.41) is 3.37. The summed E-state index contributed by atoms with van der Waals surface area (Å²) in [6.45, 7) is 1.56. The van der Waals surface area contributed by atoms with Crippen molar-refractivity contribution in [1.82, 2.24) is 4.90 Å². The molecule has 0 fully saturated rings. The highest BCUT2D eigenvalue weighted by Gasteiger charge is 2.20. The van der Waals surface area contributed by atoms with Crippen molar-refractivity contribution in [3.8, 4) is 5.75 Å². The first-order chi connectivity index (χ1) is 11.2. The molecule has 2 aromatic carbocycles. The Morgan fingerprint density at radius 3 is 2.67 bits per heavy atom. The topological polar surface area (TPSA) is 41.6 Å². The maximum absolute atomic E-state index is 12.8. The van der Waals surface area contributed by atoms with E-state index in [1.165, 1.54) is 0 Å². The quantitative estimate of drug-likeness (QED) is 0.916. The van der Waals surface area contributed by atoms with E-state index in [4.69, 9.17) is 4.74 Å². The molecule has 1 N–H and O–H groups in total. The van der Waals surface area contributed by atoms with E-state index >= 15 is 0 Å². The van der Waals surface area contributed by atoms with E-state index in [9.17, 15) is 4.79 Å². The fraction of sp³-hybridized carbons (Fsp3) is 0.316. The third-order valence-corrected chi connectivity index (χ3v) is 4.25. The number of anilines is 1. The number of carbonyl (C=O) groups is 1. The molecule has 0 atom stereocenters. The Morgan fingerprint density at radius 2 is 1.96 bits per heavy atom. The minimum atomic E-state index is 0. The van der Waals surface area contributed by atoms with Gasteiger partial charge >= 0.3 is 0 Å². The summed E-state index contributed by atoms with van der Waals surface area (Å²) in [6, 6.07) is 13.7. The number of rotatable bonds is 4. The molecule has 0 saturated carbocycles. The number of ether oxygens (including phenoxy) is 1. The van der Waals surface area contributed by atoms with Crippen molar-refractivity contribution in [3.05, 3.63) is 59.2 Å². The number of nitrogens with zero attached hydrogens (tertiary/aromatic N) is 1. The SMILES string of the molecule is COc1ccc(CN(C)C(=O)c2cccc3c2CCCN3)cc1.Cl. The monoisotopic (exact) mass is 346 g/mol. The average Bonchev–Trinajstić information content (AvgIpc) is 2.61. The minimum absolute atomic E-state index is 0. The zero-order chi connectivity index (χ0) is 16.2. The first-order valence-electron chi connectivity index (χ1n) is 7.93. The molecule has 0 aromatic heterocycles. The highest BCUT2D eigenvalue weighted by Crippen LogP contribution is 2.26. The van der Waals surface area contributed by atoms with Crippen LogP contribution in [0.5, 0.6) is 5.75 Å². The van der Waals surface area contributed by atoms with Gasteiger partial charge in [0.15, 0.2) is 0 Å². The highest BCUT2D eigenvalue weighted by atomic mass is 35.5. The summed E-state index contributed by atoms with van der Waals surface area (Å²) in [5.74, 6) is 0.896. The van der Waals surface area contributed by atoms with Crippen LogP contribution in [0.3, 0.4) is 0 Å². The van der Waals surface area contributed by atoms with Gasteiger partial charge in [-0.3, -0.25) is 4.79 Å². The third kappa shape index (κ3) is 3.82. The normalized spacial score (nSPS) is 12.4.